The van der Waals surface area contributed by atoms with Crippen LogP contribution in [0.3, 0.4) is 0 Å². The molecule has 1 aliphatic rings. The number of benzene rings is 2. The molecule has 142 valence electrons. The number of hydrogen-bond acceptors (Lipinski definition) is 2. The summed E-state index contributed by atoms with van der Waals surface area (Å²) in [6, 6.07) is 14.6. The Kier molecular flexibility index (Phi) is 6.75. The van der Waals surface area contributed by atoms with Gasteiger partial charge in [0.15, 0.2) is 0 Å². The molecular weight excluding hydrogens is 383 g/mol. The third-order valence-corrected chi connectivity index (χ3v) is 5.36. The Morgan fingerprint density at radius 2 is 1.52 bits per heavy atom. The van der Waals surface area contributed by atoms with Crippen molar-refractivity contribution in [3.8, 4) is 0 Å². The number of amides is 2. The number of carbonyl (C=O) groups excluding carboxylic acids is 2. The molecule has 2 aromatic carbocycles. The predicted molar refractivity (Wildman–Crippen MR) is 108 cm³/mol. The second-order valence-electron chi connectivity index (χ2n) is 6.63. The van der Waals surface area contributed by atoms with Gasteiger partial charge in [-0.25, -0.2) is 0 Å². The maximum Gasteiger partial charge on any atom is 0.255 e. The van der Waals surface area contributed by atoms with Crippen LogP contribution in [0.1, 0.15) is 28.8 Å². The topological polar surface area (TPSA) is 40.6 Å². The van der Waals surface area contributed by atoms with Crippen LogP contribution in [0.25, 0.3) is 0 Å². The number of halogens is 2. The summed E-state index contributed by atoms with van der Waals surface area (Å²) in [5.74, 6) is 0.0491. The SMILES string of the molecule is O=C(CCc1ccc(Cl)cc1)N1CCCN(C(=O)c2ccccc2Cl)CC1. The van der Waals surface area contributed by atoms with Gasteiger partial charge in [0.2, 0.25) is 5.91 Å². The van der Waals surface area contributed by atoms with Crippen molar-refractivity contribution in [2.24, 2.45) is 0 Å². The first-order chi connectivity index (χ1) is 13.0. The summed E-state index contributed by atoms with van der Waals surface area (Å²) < 4.78 is 0. The molecule has 0 aromatic heterocycles. The fourth-order valence-corrected chi connectivity index (χ4v) is 3.58. The zero-order valence-electron chi connectivity index (χ0n) is 15.0. The summed E-state index contributed by atoms with van der Waals surface area (Å²) in [5, 5.41) is 1.16. The van der Waals surface area contributed by atoms with E-state index in [1.54, 1.807) is 17.0 Å². The molecule has 2 amide bonds. The van der Waals surface area contributed by atoms with E-state index in [0.29, 0.717) is 54.6 Å². The molecule has 0 atom stereocenters. The molecule has 0 N–H and O–H groups in total. The van der Waals surface area contributed by atoms with Crippen molar-refractivity contribution in [2.45, 2.75) is 19.3 Å². The standard InChI is InChI=1S/C21H22Cl2N2O2/c22-17-9-6-16(7-10-17)8-11-20(26)24-12-3-13-25(15-14-24)21(27)18-4-1-2-5-19(18)23/h1-2,4-7,9-10H,3,8,11-15H2. The Morgan fingerprint density at radius 3 is 2.26 bits per heavy atom. The Morgan fingerprint density at radius 1 is 0.852 bits per heavy atom. The lowest BCUT2D eigenvalue weighted by molar-refractivity contribution is -0.131. The minimum absolute atomic E-state index is 0.0731. The van der Waals surface area contributed by atoms with Crippen molar-refractivity contribution in [1.82, 2.24) is 9.80 Å². The average Bonchev–Trinajstić information content (AvgIpc) is 2.93. The first-order valence-corrected chi connectivity index (χ1v) is 9.86. The normalized spacial score (nSPS) is 14.7. The van der Waals surface area contributed by atoms with Gasteiger partial charge in [-0.1, -0.05) is 47.5 Å². The van der Waals surface area contributed by atoms with Crippen LogP contribution < -0.4 is 0 Å². The summed E-state index contributed by atoms with van der Waals surface area (Å²) in [6.07, 6.45) is 1.91. The zero-order chi connectivity index (χ0) is 19.2. The third kappa shape index (κ3) is 5.24. The van der Waals surface area contributed by atoms with E-state index >= 15 is 0 Å². The lowest BCUT2D eigenvalue weighted by atomic mass is 10.1. The molecule has 0 saturated carbocycles. The minimum atomic E-state index is -0.0731. The molecular formula is C21H22Cl2N2O2. The van der Waals surface area contributed by atoms with Gasteiger partial charge in [0.1, 0.15) is 0 Å². The molecule has 1 fully saturated rings. The number of rotatable bonds is 4. The van der Waals surface area contributed by atoms with Crippen LogP contribution in [0.4, 0.5) is 0 Å². The Bertz CT molecular complexity index is 808. The number of carbonyl (C=O) groups is 2. The van der Waals surface area contributed by atoms with Crippen molar-refractivity contribution in [2.75, 3.05) is 26.2 Å². The third-order valence-electron chi connectivity index (χ3n) is 4.78. The molecule has 1 saturated heterocycles. The number of nitrogens with zero attached hydrogens (tertiary/aromatic N) is 2. The summed E-state index contributed by atoms with van der Waals surface area (Å²) in [6.45, 7) is 2.38. The van der Waals surface area contributed by atoms with E-state index in [9.17, 15) is 9.59 Å². The monoisotopic (exact) mass is 404 g/mol. The number of aryl methyl sites for hydroxylation is 1. The van der Waals surface area contributed by atoms with Gasteiger partial charge in [-0.15, -0.1) is 0 Å². The van der Waals surface area contributed by atoms with Crippen molar-refractivity contribution in [1.29, 1.82) is 0 Å². The van der Waals surface area contributed by atoms with Gasteiger partial charge in [-0.3, -0.25) is 9.59 Å². The first kappa shape index (κ1) is 19.7. The summed E-state index contributed by atoms with van der Waals surface area (Å²) in [5.41, 5.74) is 1.61. The van der Waals surface area contributed by atoms with Gasteiger partial charge in [0.25, 0.3) is 5.91 Å². The highest BCUT2D eigenvalue weighted by Gasteiger charge is 2.23. The van der Waals surface area contributed by atoms with Crippen LogP contribution >= 0.6 is 23.2 Å². The van der Waals surface area contributed by atoms with Crippen LogP contribution in [0.15, 0.2) is 48.5 Å². The zero-order valence-corrected chi connectivity index (χ0v) is 16.5. The Balaban J connectivity index is 1.54. The number of hydrogen-bond donors (Lipinski definition) is 0. The molecule has 1 aliphatic heterocycles. The Labute approximate surface area is 169 Å². The highest BCUT2D eigenvalue weighted by atomic mass is 35.5. The highest BCUT2D eigenvalue weighted by Crippen LogP contribution is 2.18. The highest BCUT2D eigenvalue weighted by molar-refractivity contribution is 6.33. The lowest BCUT2D eigenvalue weighted by Gasteiger charge is -2.22. The van der Waals surface area contributed by atoms with E-state index < -0.39 is 0 Å². The predicted octanol–water partition coefficient (Wildman–Crippen LogP) is 4.30. The molecule has 4 nitrogen and oxygen atoms in total. The fourth-order valence-electron chi connectivity index (χ4n) is 3.24. The molecule has 0 spiro atoms. The van der Waals surface area contributed by atoms with Gasteiger partial charge in [0.05, 0.1) is 10.6 Å². The largest absolute Gasteiger partial charge is 0.341 e. The summed E-state index contributed by atoms with van der Waals surface area (Å²) >= 11 is 12.0. The average molecular weight is 405 g/mol. The van der Waals surface area contributed by atoms with Crippen LogP contribution in [-0.4, -0.2) is 47.8 Å². The maximum atomic E-state index is 12.7. The van der Waals surface area contributed by atoms with E-state index in [1.165, 1.54) is 0 Å². The molecule has 6 heteroatoms. The van der Waals surface area contributed by atoms with E-state index in [-0.39, 0.29) is 11.8 Å². The van der Waals surface area contributed by atoms with E-state index in [0.717, 1.165) is 12.0 Å². The van der Waals surface area contributed by atoms with E-state index in [1.807, 2.05) is 41.3 Å². The second-order valence-corrected chi connectivity index (χ2v) is 7.48. The quantitative estimate of drug-likeness (QED) is 0.761. The van der Waals surface area contributed by atoms with Crippen LogP contribution in [-0.2, 0) is 11.2 Å². The molecule has 27 heavy (non-hydrogen) atoms. The van der Waals surface area contributed by atoms with E-state index in [4.69, 9.17) is 23.2 Å². The van der Waals surface area contributed by atoms with Gasteiger partial charge in [0, 0.05) is 37.6 Å². The van der Waals surface area contributed by atoms with Gasteiger partial charge >= 0.3 is 0 Å². The molecule has 0 radical (unpaired) electrons. The van der Waals surface area contributed by atoms with Crippen molar-refractivity contribution in [3.05, 3.63) is 69.7 Å². The first-order valence-electron chi connectivity index (χ1n) is 9.10. The maximum absolute atomic E-state index is 12.7. The smallest absolute Gasteiger partial charge is 0.255 e. The van der Waals surface area contributed by atoms with Crippen LogP contribution in [0.2, 0.25) is 10.0 Å². The molecule has 3 rings (SSSR count). The van der Waals surface area contributed by atoms with Crippen LogP contribution in [0, 0.1) is 0 Å². The molecule has 0 bridgehead atoms. The lowest BCUT2D eigenvalue weighted by Crippen LogP contribution is -2.37. The van der Waals surface area contributed by atoms with Crippen LogP contribution in [0.5, 0.6) is 0 Å². The van der Waals surface area contributed by atoms with E-state index in [2.05, 4.69) is 0 Å². The van der Waals surface area contributed by atoms with Crippen molar-refractivity contribution in [3.63, 3.8) is 0 Å². The second kappa shape index (κ2) is 9.25. The summed E-state index contributed by atoms with van der Waals surface area (Å²) in [4.78, 5) is 28.9. The van der Waals surface area contributed by atoms with Gasteiger partial charge in [-0.05, 0) is 42.7 Å². The Hall–Kier alpha value is -2.04. The van der Waals surface area contributed by atoms with Gasteiger partial charge in [-0.2, -0.15) is 0 Å². The molecule has 1 heterocycles. The minimum Gasteiger partial charge on any atom is -0.341 e. The van der Waals surface area contributed by atoms with Crippen molar-refractivity contribution >= 4 is 35.0 Å². The fraction of sp³-hybridized carbons (Fsp3) is 0.333. The van der Waals surface area contributed by atoms with Gasteiger partial charge < -0.3 is 9.80 Å². The molecule has 0 unspecified atom stereocenters. The summed E-state index contributed by atoms with van der Waals surface area (Å²) in [7, 11) is 0. The molecule has 2 aromatic rings. The van der Waals surface area contributed by atoms with Crippen molar-refractivity contribution < 1.29 is 9.59 Å². The molecule has 0 aliphatic carbocycles.